The summed E-state index contributed by atoms with van der Waals surface area (Å²) in [6.45, 7) is 3.65. The third-order valence-corrected chi connectivity index (χ3v) is 3.50. The molecule has 1 aliphatic heterocycles. The lowest BCUT2D eigenvalue weighted by atomic mass is 9.96. The lowest BCUT2D eigenvalue weighted by molar-refractivity contribution is 0.0971. The van der Waals surface area contributed by atoms with Gasteiger partial charge in [0.2, 0.25) is 0 Å². The summed E-state index contributed by atoms with van der Waals surface area (Å²) in [4.78, 5) is 2.16. The van der Waals surface area contributed by atoms with Gasteiger partial charge in [-0.1, -0.05) is 24.6 Å². The third-order valence-electron chi connectivity index (χ3n) is 3.19. The number of hydrogen-bond donors (Lipinski definition) is 2. The molecule has 1 aliphatic rings. The van der Waals surface area contributed by atoms with Crippen LogP contribution < -0.4 is 10.6 Å². The number of anilines is 2. The summed E-state index contributed by atoms with van der Waals surface area (Å²) in [5.41, 5.74) is 7.55. The molecule has 1 heterocycles. The van der Waals surface area contributed by atoms with Gasteiger partial charge in [-0.05, 0) is 24.5 Å². The van der Waals surface area contributed by atoms with Crippen LogP contribution >= 0.6 is 11.6 Å². The minimum atomic E-state index is -0.208. The van der Waals surface area contributed by atoms with Crippen molar-refractivity contribution in [1.29, 1.82) is 0 Å². The van der Waals surface area contributed by atoms with Crippen LogP contribution in [0.2, 0.25) is 5.02 Å². The second-order valence-electron chi connectivity index (χ2n) is 4.46. The molecule has 0 radical (unpaired) electrons. The van der Waals surface area contributed by atoms with Crippen LogP contribution in [0.3, 0.4) is 0 Å². The first-order valence-electron chi connectivity index (χ1n) is 5.56. The van der Waals surface area contributed by atoms with Gasteiger partial charge in [-0.2, -0.15) is 0 Å². The summed E-state index contributed by atoms with van der Waals surface area (Å²) < 4.78 is 0. The van der Waals surface area contributed by atoms with Crippen molar-refractivity contribution >= 4 is 23.0 Å². The van der Waals surface area contributed by atoms with Gasteiger partial charge >= 0.3 is 0 Å². The molecular formula is C12H17ClN2O. The number of benzene rings is 1. The highest BCUT2D eigenvalue weighted by atomic mass is 35.5. The number of rotatable bonds is 1. The average Bonchev–Trinajstić information content (AvgIpc) is 2.23. The zero-order chi connectivity index (χ0) is 11.7. The summed E-state index contributed by atoms with van der Waals surface area (Å²) in [5.74, 6) is 0.254. The second-order valence-corrected chi connectivity index (χ2v) is 4.86. The molecule has 2 rings (SSSR count). The Morgan fingerprint density at radius 1 is 1.50 bits per heavy atom. The van der Waals surface area contributed by atoms with Crippen LogP contribution in [0, 0.1) is 5.92 Å². The van der Waals surface area contributed by atoms with E-state index < -0.39 is 0 Å². The molecule has 0 amide bonds. The fourth-order valence-electron chi connectivity index (χ4n) is 2.20. The maximum Gasteiger partial charge on any atom is 0.0789 e. The van der Waals surface area contributed by atoms with Gasteiger partial charge in [0.15, 0.2) is 0 Å². The Hall–Kier alpha value is -0.930. The number of piperidine rings is 1. The Morgan fingerprint density at radius 3 is 2.88 bits per heavy atom. The standard InChI is InChI=1S/C12H17ClN2O/c1-8-7-15(6-5-11(8)16)12-9(13)3-2-4-10(12)14/h2-4,8,11,16H,5-7,14H2,1H3. The molecule has 1 fully saturated rings. The molecule has 0 saturated carbocycles. The number of aliphatic hydroxyl groups excluding tert-OH is 1. The van der Waals surface area contributed by atoms with E-state index in [-0.39, 0.29) is 12.0 Å². The normalized spacial score (nSPS) is 25.8. The molecule has 16 heavy (non-hydrogen) atoms. The second kappa shape index (κ2) is 4.52. The SMILES string of the molecule is CC1CN(c2c(N)cccc2Cl)CCC1O. The van der Waals surface area contributed by atoms with Gasteiger partial charge in [0, 0.05) is 13.1 Å². The average molecular weight is 241 g/mol. The number of nitrogens with two attached hydrogens (primary N) is 1. The first kappa shape index (κ1) is 11.6. The van der Waals surface area contributed by atoms with E-state index in [1.54, 1.807) is 0 Å². The van der Waals surface area contributed by atoms with Gasteiger partial charge in [0.05, 0.1) is 22.5 Å². The first-order valence-corrected chi connectivity index (χ1v) is 5.94. The third kappa shape index (κ3) is 2.11. The van der Waals surface area contributed by atoms with E-state index in [2.05, 4.69) is 4.90 Å². The van der Waals surface area contributed by atoms with Crippen molar-refractivity contribution < 1.29 is 5.11 Å². The molecule has 4 heteroatoms. The van der Waals surface area contributed by atoms with E-state index in [1.165, 1.54) is 0 Å². The fourth-order valence-corrected chi connectivity index (χ4v) is 2.50. The van der Waals surface area contributed by atoms with Gasteiger partial charge in [-0.3, -0.25) is 0 Å². The minimum absolute atomic E-state index is 0.208. The van der Waals surface area contributed by atoms with Crippen molar-refractivity contribution in [2.24, 2.45) is 5.92 Å². The van der Waals surface area contributed by atoms with Gasteiger partial charge in [0.1, 0.15) is 0 Å². The zero-order valence-electron chi connectivity index (χ0n) is 9.36. The molecule has 2 atom stereocenters. The van der Waals surface area contributed by atoms with E-state index >= 15 is 0 Å². The topological polar surface area (TPSA) is 49.5 Å². The molecule has 0 spiro atoms. The predicted octanol–water partition coefficient (Wildman–Crippen LogP) is 2.13. The molecule has 0 aliphatic carbocycles. The molecule has 1 aromatic carbocycles. The number of nitrogens with zero attached hydrogens (tertiary/aromatic N) is 1. The smallest absolute Gasteiger partial charge is 0.0789 e. The Kier molecular flexibility index (Phi) is 3.26. The van der Waals surface area contributed by atoms with Crippen LogP contribution in [0.25, 0.3) is 0 Å². The van der Waals surface area contributed by atoms with Crippen LogP contribution in [-0.4, -0.2) is 24.3 Å². The maximum absolute atomic E-state index is 9.69. The van der Waals surface area contributed by atoms with Crippen molar-refractivity contribution in [3.63, 3.8) is 0 Å². The van der Waals surface area contributed by atoms with E-state index in [1.807, 2.05) is 25.1 Å². The van der Waals surface area contributed by atoms with Crippen molar-refractivity contribution in [3.8, 4) is 0 Å². The maximum atomic E-state index is 9.69. The van der Waals surface area contributed by atoms with E-state index in [9.17, 15) is 5.11 Å². The molecule has 1 saturated heterocycles. The summed E-state index contributed by atoms with van der Waals surface area (Å²) in [7, 11) is 0. The molecule has 3 nitrogen and oxygen atoms in total. The summed E-state index contributed by atoms with van der Waals surface area (Å²) in [6, 6.07) is 5.56. The van der Waals surface area contributed by atoms with E-state index in [0.29, 0.717) is 10.7 Å². The van der Waals surface area contributed by atoms with Gasteiger partial charge < -0.3 is 15.7 Å². The summed E-state index contributed by atoms with van der Waals surface area (Å²) in [5, 5.41) is 10.4. The van der Waals surface area contributed by atoms with Crippen LogP contribution in [0.1, 0.15) is 13.3 Å². The van der Waals surface area contributed by atoms with Crippen molar-refractivity contribution in [2.45, 2.75) is 19.4 Å². The number of aliphatic hydroxyl groups is 1. The fraction of sp³-hybridized carbons (Fsp3) is 0.500. The highest BCUT2D eigenvalue weighted by Crippen LogP contribution is 2.34. The van der Waals surface area contributed by atoms with Crippen LogP contribution in [0.15, 0.2) is 18.2 Å². The molecule has 88 valence electrons. The molecule has 3 N–H and O–H groups in total. The number of hydrogen-bond acceptors (Lipinski definition) is 3. The van der Waals surface area contributed by atoms with Crippen LogP contribution in [-0.2, 0) is 0 Å². The highest BCUT2D eigenvalue weighted by molar-refractivity contribution is 6.34. The highest BCUT2D eigenvalue weighted by Gasteiger charge is 2.26. The predicted molar refractivity (Wildman–Crippen MR) is 67.9 cm³/mol. The van der Waals surface area contributed by atoms with E-state index in [4.69, 9.17) is 17.3 Å². The van der Waals surface area contributed by atoms with Gasteiger partial charge in [-0.25, -0.2) is 0 Å². The lowest BCUT2D eigenvalue weighted by Crippen LogP contribution is -2.42. The Bertz CT molecular complexity index is 363. The number of para-hydroxylation sites is 1. The Morgan fingerprint density at radius 2 is 2.25 bits per heavy atom. The molecular weight excluding hydrogens is 224 g/mol. The van der Waals surface area contributed by atoms with Crippen LogP contribution in [0.4, 0.5) is 11.4 Å². The number of nitrogen functional groups attached to an aromatic ring is 1. The zero-order valence-corrected chi connectivity index (χ0v) is 10.1. The molecule has 0 bridgehead atoms. The monoisotopic (exact) mass is 240 g/mol. The molecule has 2 unspecified atom stereocenters. The van der Waals surface area contributed by atoms with Gasteiger partial charge in [0.25, 0.3) is 0 Å². The number of halogens is 1. The Balaban J connectivity index is 2.25. The van der Waals surface area contributed by atoms with Crippen LogP contribution in [0.5, 0.6) is 0 Å². The van der Waals surface area contributed by atoms with Crippen molar-refractivity contribution in [2.75, 3.05) is 23.7 Å². The molecule has 0 aromatic heterocycles. The largest absolute Gasteiger partial charge is 0.397 e. The van der Waals surface area contributed by atoms with Gasteiger partial charge in [-0.15, -0.1) is 0 Å². The minimum Gasteiger partial charge on any atom is -0.397 e. The molecule has 1 aromatic rings. The van der Waals surface area contributed by atoms with Crippen molar-refractivity contribution in [1.82, 2.24) is 0 Å². The van der Waals surface area contributed by atoms with Crippen molar-refractivity contribution in [3.05, 3.63) is 23.2 Å². The Labute approximate surface area is 101 Å². The van der Waals surface area contributed by atoms with E-state index in [0.717, 1.165) is 25.2 Å². The summed E-state index contributed by atoms with van der Waals surface area (Å²) >= 11 is 6.16. The first-order chi connectivity index (χ1) is 7.59. The quantitative estimate of drug-likeness (QED) is 0.740. The lowest BCUT2D eigenvalue weighted by Gasteiger charge is -2.36. The summed E-state index contributed by atoms with van der Waals surface area (Å²) in [6.07, 6.45) is 0.561.